The van der Waals surface area contributed by atoms with Gasteiger partial charge in [0.05, 0.1) is 25.1 Å². The molecule has 2 amide bonds. The first-order chi connectivity index (χ1) is 14.2. The minimum Gasteiger partial charge on any atom is -0.497 e. The molecule has 0 aliphatic heterocycles. The number of aromatic nitrogens is 3. The number of hydrogen-bond acceptors (Lipinski definition) is 6. The SMILES string of the molecule is COc1ccc(-c2cc(C(F)(F)F)n3ncc(C(=O)N[C@H](C#N)C(N)=O)c3n2)cc1. The number of nitrogens with one attached hydrogen (secondary N) is 1. The number of nitrogens with two attached hydrogens (primary N) is 1. The van der Waals surface area contributed by atoms with Crippen LogP contribution in [0.25, 0.3) is 16.9 Å². The van der Waals surface area contributed by atoms with E-state index in [4.69, 9.17) is 15.7 Å². The third-order valence-electron chi connectivity index (χ3n) is 4.08. The van der Waals surface area contributed by atoms with Gasteiger partial charge in [0.15, 0.2) is 17.4 Å². The monoisotopic (exact) mass is 418 g/mol. The minimum absolute atomic E-state index is 0.0706. The Hall–Kier alpha value is -4.14. The Morgan fingerprint density at radius 1 is 1.30 bits per heavy atom. The van der Waals surface area contributed by atoms with Crippen LogP contribution >= 0.6 is 0 Å². The number of amides is 2. The topological polar surface area (TPSA) is 135 Å². The lowest BCUT2D eigenvalue weighted by molar-refractivity contribution is -0.142. The van der Waals surface area contributed by atoms with Gasteiger partial charge >= 0.3 is 6.18 Å². The molecule has 154 valence electrons. The molecular weight excluding hydrogens is 405 g/mol. The number of methoxy groups -OCH3 is 1. The predicted octanol–water partition coefficient (Wildman–Crippen LogP) is 1.53. The fourth-order valence-electron chi connectivity index (χ4n) is 2.61. The second kappa shape index (κ2) is 7.70. The molecule has 1 atom stereocenters. The van der Waals surface area contributed by atoms with Gasteiger partial charge in [-0.1, -0.05) is 0 Å². The van der Waals surface area contributed by atoms with Crippen LogP contribution in [0, 0.1) is 11.3 Å². The zero-order valence-electron chi connectivity index (χ0n) is 15.3. The lowest BCUT2D eigenvalue weighted by Gasteiger charge is -2.12. The van der Waals surface area contributed by atoms with Gasteiger partial charge in [-0.05, 0) is 30.3 Å². The van der Waals surface area contributed by atoms with Crippen LogP contribution in [0.4, 0.5) is 13.2 Å². The summed E-state index contributed by atoms with van der Waals surface area (Å²) in [5.41, 5.74) is 3.33. The second-order valence-corrected chi connectivity index (χ2v) is 5.98. The smallest absolute Gasteiger partial charge is 0.433 e. The molecule has 3 N–H and O–H groups in total. The molecule has 0 saturated carbocycles. The van der Waals surface area contributed by atoms with Crippen molar-refractivity contribution in [1.29, 1.82) is 5.26 Å². The Morgan fingerprint density at radius 2 is 1.97 bits per heavy atom. The highest BCUT2D eigenvalue weighted by atomic mass is 19.4. The highest BCUT2D eigenvalue weighted by Crippen LogP contribution is 2.33. The van der Waals surface area contributed by atoms with Crippen LogP contribution in [0.3, 0.4) is 0 Å². The van der Waals surface area contributed by atoms with Gasteiger partial charge in [0.1, 0.15) is 11.3 Å². The first kappa shape index (κ1) is 20.6. The Kier molecular flexibility index (Phi) is 5.29. The third kappa shape index (κ3) is 3.86. The molecule has 2 aromatic heterocycles. The van der Waals surface area contributed by atoms with Gasteiger partial charge in [0, 0.05) is 5.56 Å². The Labute approximate surface area is 166 Å². The molecule has 9 nitrogen and oxygen atoms in total. The summed E-state index contributed by atoms with van der Waals surface area (Å²) in [6, 6.07) is 6.71. The highest BCUT2D eigenvalue weighted by molar-refractivity contribution is 6.02. The zero-order valence-corrected chi connectivity index (χ0v) is 15.3. The van der Waals surface area contributed by atoms with Gasteiger partial charge in [-0.2, -0.15) is 23.5 Å². The molecule has 30 heavy (non-hydrogen) atoms. The number of hydrogen-bond donors (Lipinski definition) is 2. The van der Waals surface area contributed by atoms with E-state index in [1.807, 2.05) is 5.32 Å². The van der Waals surface area contributed by atoms with E-state index >= 15 is 0 Å². The van der Waals surface area contributed by atoms with Crippen molar-refractivity contribution in [3.63, 3.8) is 0 Å². The minimum atomic E-state index is -4.80. The first-order valence-corrected chi connectivity index (χ1v) is 8.26. The normalized spacial score (nSPS) is 12.2. The lowest BCUT2D eigenvalue weighted by atomic mass is 10.1. The van der Waals surface area contributed by atoms with Crippen LogP contribution in [0.5, 0.6) is 5.75 Å². The van der Waals surface area contributed by atoms with Gasteiger partial charge < -0.3 is 15.8 Å². The van der Waals surface area contributed by atoms with E-state index in [0.717, 1.165) is 12.3 Å². The van der Waals surface area contributed by atoms with Crippen molar-refractivity contribution in [2.24, 2.45) is 5.73 Å². The molecule has 3 aromatic rings. The Morgan fingerprint density at radius 3 is 2.50 bits per heavy atom. The number of halogens is 3. The van der Waals surface area contributed by atoms with E-state index in [1.54, 1.807) is 12.1 Å². The van der Waals surface area contributed by atoms with Crippen LogP contribution in [-0.2, 0) is 11.0 Å². The number of nitriles is 1. The summed E-state index contributed by atoms with van der Waals surface area (Å²) in [4.78, 5) is 27.7. The van der Waals surface area contributed by atoms with Crippen LogP contribution < -0.4 is 15.8 Å². The van der Waals surface area contributed by atoms with Crippen molar-refractivity contribution in [3.05, 3.63) is 47.8 Å². The van der Waals surface area contributed by atoms with Crippen molar-refractivity contribution >= 4 is 17.5 Å². The van der Waals surface area contributed by atoms with Crippen molar-refractivity contribution < 1.29 is 27.5 Å². The first-order valence-electron chi connectivity index (χ1n) is 8.26. The molecule has 0 aliphatic rings. The van der Waals surface area contributed by atoms with Gasteiger partial charge in [-0.25, -0.2) is 9.50 Å². The quantitative estimate of drug-likeness (QED) is 0.645. The van der Waals surface area contributed by atoms with Crippen LogP contribution in [0.1, 0.15) is 16.1 Å². The maximum Gasteiger partial charge on any atom is 0.433 e. The lowest BCUT2D eigenvalue weighted by Crippen LogP contribution is -2.43. The van der Waals surface area contributed by atoms with Gasteiger partial charge in [0.25, 0.3) is 11.8 Å². The molecule has 0 radical (unpaired) electrons. The number of rotatable bonds is 5. The molecule has 12 heteroatoms. The molecular formula is C18H13F3N6O3. The average molecular weight is 418 g/mol. The fourth-order valence-corrected chi connectivity index (χ4v) is 2.61. The zero-order chi connectivity index (χ0) is 22.1. The van der Waals surface area contributed by atoms with E-state index in [-0.39, 0.29) is 11.3 Å². The maximum atomic E-state index is 13.6. The molecule has 0 spiro atoms. The molecule has 2 heterocycles. The maximum absolute atomic E-state index is 13.6. The second-order valence-electron chi connectivity index (χ2n) is 5.98. The standard InChI is InChI=1S/C18H13F3N6O3/c1-30-10-4-2-9(3-5-10)12-6-14(18(19,20)21)27-16(25-12)11(8-24-27)17(29)26-13(7-22)15(23)28/h2-6,8,13H,1H3,(H2,23,28)(H,26,29)/t13-/m1/s1. The summed E-state index contributed by atoms with van der Waals surface area (Å²) < 4.78 is 46.3. The predicted molar refractivity (Wildman–Crippen MR) is 96.0 cm³/mol. The van der Waals surface area contributed by atoms with Crippen molar-refractivity contribution in [3.8, 4) is 23.1 Å². The van der Waals surface area contributed by atoms with Crippen LogP contribution in [0.15, 0.2) is 36.5 Å². The Bertz CT molecular complexity index is 1160. The summed E-state index contributed by atoms with van der Waals surface area (Å²) in [5, 5.41) is 14.5. The number of fused-ring (bicyclic) bond motifs is 1. The van der Waals surface area contributed by atoms with Crippen molar-refractivity contribution in [2.45, 2.75) is 12.2 Å². The molecule has 0 fully saturated rings. The summed E-state index contributed by atoms with van der Waals surface area (Å²) >= 11 is 0. The molecule has 0 bridgehead atoms. The van der Waals surface area contributed by atoms with Crippen molar-refractivity contribution in [1.82, 2.24) is 19.9 Å². The number of carbonyl (C=O) groups excluding carboxylic acids is 2. The summed E-state index contributed by atoms with van der Waals surface area (Å²) in [6.45, 7) is 0. The number of alkyl halides is 3. The highest BCUT2D eigenvalue weighted by Gasteiger charge is 2.36. The van der Waals surface area contributed by atoms with Crippen molar-refractivity contribution in [2.75, 3.05) is 7.11 Å². The average Bonchev–Trinajstić information content (AvgIpc) is 3.14. The van der Waals surface area contributed by atoms with Crippen LogP contribution in [-0.4, -0.2) is 39.6 Å². The van der Waals surface area contributed by atoms with Gasteiger partial charge in [-0.15, -0.1) is 0 Å². The fraction of sp³-hybridized carbons (Fsp3) is 0.167. The Balaban J connectivity index is 2.16. The third-order valence-corrected chi connectivity index (χ3v) is 4.08. The molecule has 1 aromatic carbocycles. The molecule has 3 rings (SSSR count). The number of carbonyl (C=O) groups is 2. The molecule has 0 saturated heterocycles. The van der Waals surface area contributed by atoms with E-state index in [0.29, 0.717) is 15.8 Å². The van der Waals surface area contributed by atoms with E-state index in [9.17, 15) is 22.8 Å². The number of primary amides is 1. The largest absolute Gasteiger partial charge is 0.497 e. The molecule has 0 aliphatic carbocycles. The number of ether oxygens (including phenoxy) is 1. The molecule has 0 unspecified atom stereocenters. The summed E-state index contributed by atoms with van der Waals surface area (Å²) in [5.74, 6) is -1.65. The summed E-state index contributed by atoms with van der Waals surface area (Å²) in [7, 11) is 1.44. The van der Waals surface area contributed by atoms with Crippen LogP contribution in [0.2, 0.25) is 0 Å². The van der Waals surface area contributed by atoms with E-state index in [2.05, 4.69) is 10.1 Å². The van der Waals surface area contributed by atoms with Gasteiger partial charge in [0.2, 0.25) is 0 Å². The van der Waals surface area contributed by atoms with E-state index < -0.39 is 35.4 Å². The van der Waals surface area contributed by atoms with E-state index in [1.165, 1.54) is 25.3 Å². The van der Waals surface area contributed by atoms with Gasteiger partial charge in [-0.3, -0.25) is 9.59 Å². The summed E-state index contributed by atoms with van der Waals surface area (Å²) in [6.07, 6.45) is -3.94. The number of benzene rings is 1. The number of nitrogens with zero attached hydrogens (tertiary/aromatic N) is 4.